The average Bonchev–Trinajstić information content (AvgIpc) is 2.79. The number of carbonyl (C=O) groups excluding carboxylic acids is 2. The van der Waals surface area contributed by atoms with Crippen molar-refractivity contribution in [2.75, 3.05) is 7.11 Å². The van der Waals surface area contributed by atoms with Gasteiger partial charge in [-0.05, 0) is 60.0 Å². The van der Waals surface area contributed by atoms with Crippen LogP contribution in [-0.2, 0) is 0 Å². The number of hydrogen-bond acceptors (Lipinski definition) is 4. The quantitative estimate of drug-likeness (QED) is 0.436. The Morgan fingerprint density at radius 2 is 1.45 bits per heavy atom. The van der Waals surface area contributed by atoms with Crippen LogP contribution >= 0.6 is 11.6 Å². The molecule has 1 unspecified atom stereocenters. The van der Waals surface area contributed by atoms with Crippen molar-refractivity contribution in [2.24, 2.45) is 0 Å². The molecule has 0 heterocycles. The van der Waals surface area contributed by atoms with Gasteiger partial charge in [0, 0.05) is 29.0 Å². The van der Waals surface area contributed by atoms with Crippen molar-refractivity contribution in [1.29, 1.82) is 0 Å². The molecule has 31 heavy (non-hydrogen) atoms. The van der Waals surface area contributed by atoms with Crippen LogP contribution < -0.4 is 4.74 Å². The first-order chi connectivity index (χ1) is 14.9. The molecule has 0 fully saturated rings. The lowest BCUT2D eigenvalue weighted by Crippen LogP contribution is -2.13. The zero-order chi connectivity index (χ0) is 22.4. The van der Waals surface area contributed by atoms with Gasteiger partial charge in [-0.3, -0.25) is 9.59 Å². The Kier molecular flexibility index (Phi) is 7.21. The molecule has 0 amide bonds. The van der Waals surface area contributed by atoms with Gasteiger partial charge in [-0.2, -0.15) is 0 Å². The Balaban J connectivity index is 1.90. The highest BCUT2D eigenvalue weighted by molar-refractivity contribution is 6.30. The van der Waals surface area contributed by atoms with E-state index in [9.17, 15) is 19.5 Å². The van der Waals surface area contributed by atoms with Crippen LogP contribution in [0.2, 0.25) is 5.02 Å². The molecule has 0 aliphatic rings. The third kappa shape index (κ3) is 5.80. The van der Waals surface area contributed by atoms with Gasteiger partial charge in [0.2, 0.25) is 0 Å². The van der Waals surface area contributed by atoms with Crippen LogP contribution in [-0.4, -0.2) is 29.8 Å². The van der Waals surface area contributed by atoms with E-state index >= 15 is 0 Å². The van der Waals surface area contributed by atoms with Crippen molar-refractivity contribution in [3.05, 3.63) is 100 Å². The van der Waals surface area contributed by atoms with Crippen LogP contribution in [0, 0.1) is 0 Å². The number of halogens is 1. The predicted molar refractivity (Wildman–Crippen MR) is 118 cm³/mol. The molecule has 158 valence electrons. The second-order valence-corrected chi connectivity index (χ2v) is 7.56. The summed E-state index contributed by atoms with van der Waals surface area (Å²) in [5, 5.41) is 9.86. The van der Waals surface area contributed by atoms with E-state index in [1.165, 1.54) is 19.2 Å². The van der Waals surface area contributed by atoms with E-state index in [4.69, 9.17) is 16.3 Å². The molecule has 3 aromatic rings. The topological polar surface area (TPSA) is 80.7 Å². The monoisotopic (exact) mass is 436 g/mol. The van der Waals surface area contributed by atoms with Gasteiger partial charge in [-0.15, -0.1) is 0 Å². The third-order valence-electron chi connectivity index (χ3n) is 5.03. The zero-order valence-electron chi connectivity index (χ0n) is 16.9. The zero-order valence-corrected chi connectivity index (χ0v) is 17.6. The van der Waals surface area contributed by atoms with E-state index in [-0.39, 0.29) is 30.0 Å². The maximum Gasteiger partial charge on any atom is 0.335 e. The molecule has 0 saturated heterocycles. The van der Waals surface area contributed by atoms with E-state index in [2.05, 4.69) is 0 Å². The Hall–Kier alpha value is -3.44. The summed E-state index contributed by atoms with van der Waals surface area (Å²) in [6, 6.07) is 19.7. The number of carboxylic acids is 1. The van der Waals surface area contributed by atoms with Crippen molar-refractivity contribution in [2.45, 2.75) is 18.8 Å². The number of hydrogen-bond donors (Lipinski definition) is 1. The summed E-state index contributed by atoms with van der Waals surface area (Å²) >= 11 is 5.90. The SMILES string of the molecule is COc1cccc(C(=O)CC(CC(=O)c2ccc(Cl)cc2)c2cccc(C(=O)O)c2)c1. The van der Waals surface area contributed by atoms with Crippen molar-refractivity contribution in [3.63, 3.8) is 0 Å². The van der Waals surface area contributed by atoms with Gasteiger partial charge in [0.15, 0.2) is 11.6 Å². The van der Waals surface area contributed by atoms with Gasteiger partial charge < -0.3 is 9.84 Å². The third-order valence-corrected chi connectivity index (χ3v) is 5.28. The highest BCUT2D eigenvalue weighted by atomic mass is 35.5. The molecule has 0 spiro atoms. The van der Waals surface area contributed by atoms with Crippen molar-refractivity contribution < 1.29 is 24.2 Å². The smallest absolute Gasteiger partial charge is 0.335 e. The van der Waals surface area contributed by atoms with Gasteiger partial charge in [-0.1, -0.05) is 35.9 Å². The lowest BCUT2D eigenvalue weighted by atomic mass is 9.85. The van der Waals surface area contributed by atoms with E-state index in [0.29, 0.717) is 27.5 Å². The fraction of sp³-hybridized carbons (Fsp3) is 0.160. The molecular weight excluding hydrogens is 416 g/mol. The van der Waals surface area contributed by atoms with E-state index in [1.807, 2.05) is 0 Å². The van der Waals surface area contributed by atoms with E-state index in [0.717, 1.165) is 0 Å². The summed E-state index contributed by atoms with van der Waals surface area (Å²) < 4.78 is 5.19. The minimum Gasteiger partial charge on any atom is -0.497 e. The number of aromatic carboxylic acids is 1. The van der Waals surface area contributed by atoms with Gasteiger partial charge in [-0.25, -0.2) is 4.79 Å². The number of ether oxygens (including phenoxy) is 1. The van der Waals surface area contributed by atoms with E-state index < -0.39 is 11.9 Å². The fourth-order valence-electron chi connectivity index (χ4n) is 3.35. The standard InChI is InChI=1S/C25H21ClO5/c1-31-22-7-3-5-18(13-22)24(28)15-20(17-4-2-6-19(12-17)25(29)30)14-23(27)16-8-10-21(26)11-9-16/h2-13,20H,14-15H2,1H3,(H,29,30). The van der Waals surface area contributed by atoms with Crippen LogP contribution in [0.25, 0.3) is 0 Å². The maximum absolute atomic E-state index is 13.0. The Morgan fingerprint density at radius 1 is 0.839 bits per heavy atom. The minimum absolute atomic E-state index is 0.0512. The molecule has 0 bridgehead atoms. The molecule has 0 aliphatic carbocycles. The van der Waals surface area contributed by atoms with E-state index in [1.54, 1.807) is 60.7 Å². The van der Waals surface area contributed by atoms with Crippen molar-refractivity contribution in [3.8, 4) is 5.75 Å². The molecular formula is C25H21ClO5. The first-order valence-electron chi connectivity index (χ1n) is 9.66. The number of benzene rings is 3. The Labute approximate surface area is 185 Å². The summed E-state index contributed by atoms with van der Waals surface area (Å²) in [6.45, 7) is 0. The van der Waals surface area contributed by atoms with Gasteiger partial charge >= 0.3 is 5.97 Å². The highest BCUT2D eigenvalue weighted by Gasteiger charge is 2.22. The molecule has 0 aromatic heterocycles. The Morgan fingerprint density at radius 3 is 2.10 bits per heavy atom. The predicted octanol–water partition coefficient (Wildman–Crippen LogP) is 5.68. The number of methoxy groups -OCH3 is 1. The molecule has 0 aliphatic heterocycles. The number of rotatable bonds is 9. The van der Waals surface area contributed by atoms with Crippen molar-refractivity contribution >= 4 is 29.1 Å². The minimum atomic E-state index is -1.07. The fourth-order valence-corrected chi connectivity index (χ4v) is 3.48. The molecule has 3 aromatic carbocycles. The van der Waals surface area contributed by atoms with Gasteiger partial charge in [0.25, 0.3) is 0 Å². The summed E-state index contributed by atoms with van der Waals surface area (Å²) in [5.41, 5.74) is 1.68. The van der Waals surface area contributed by atoms with Gasteiger partial charge in [0.1, 0.15) is 5.75 Å². The number of carboxylic acid groups (broad SMARTS) is 1. The van der Waals surface area contributed by atoms with Crippen LogP contribution in [0.3, 0.4) is 0 Å². The summed E-state index contributed by atoms with van der Waals surface area (Å²) in [7, 11) is 1.52. The van der Waals surface area contributed by atoms with Crippen LogP contribution in [0.5, 0.6) is 5.75 Å². The molecule has 3 rings (SSSR count). The highest BCUT2D eigenvalue weighted by Crippen LogP contribution is 2.29. The average molecular weight is 437 g/mol. The normalized spacial score (nSPS) is 11.5. The molecule has 5 nitrogen and oxygen atoms in total. The summed E-state index contributed by atoms with van der Waals surface area (Å²) in [6.07, 6.45) is 0.107. The first-order valence-corrected chi connectivity index (χ1v) is 10.0. The Bertz CT molecular complexity index is 1100. The van der Waals surface area contributed by atoms with Crippen LogP contribution in [0.4, 0.5) is 0 Å². The number of ketones is 2. The molecule has 1 N–H and O–H groups in total. The number of Topliss-reactive ketones (excluding diaryl/α,β-unsaturated/α-hetero) is 2. The number of carbonyl (C=O) groups is 3. The first kappa shape index (κ1) is 22.2. The summed E-state index contributed by atoms with van der Waals surface area (Å²) in [5.74, 6) is -1.30. The maximum atomic E-state index is 13.0. The molecule has 0 saturated carbocycles. The molecule has 0 radical (unpaired) electrons. The van der Waals surface area contributed by atoms with Crippen molar-refractivity contribution in [1.82, 2.24) is 0 Å². The second-order valence-electron chi connectivity index (χ2n) is 7.12. The molecule has 6 heteroatoms. The van der Waals surface area contributed by atoms with Gasteiger partial charge in [0.05, 0.1) is 12.7 Å². The van der Waals surface area contributed by atoms with Crippen LogP contribution in [0.1, 0.15) is 55.4 Å². The summed E-state index contributed by atoms with van der Waals surface area (Å²) in [4.78, 5) is 37.3. The largest absolute Gasteiger partial charge is 0.497 e. The lowest BCUT2D eigenvalue weighted by Gasteiger charge is -2.17. The molecule has 1 atom stereocenters. The van der Waals surface area contributed by atoms with Crippen LogP contribution in [0.15, 0.2) is 72.8 Å². The second kappa shape index (κ2) is 10.0. The lowest BCUT2D eigenvalue weighted by molar-refractivity contribution is 0.0696.